The summed E-state index contributed by atoms with van der Waals surface area (Å²) in [5.41, 5.74) is 1.32. The Bertz CT molecular complexity index is 653. The van der Waals surface area contributed by atoms with E-state index in [4.69, 9.17) is 16.3 Å². The molecule has 2 rings (SSSR count). The Hall–Kier alpha value is -2.18. The maximum absolute atomic E-state index is 12.1. The van der Waals surface area contributed by atoms with Crippen LogP contribution in [0.2, 0.25) is 5.02 Å². The average molecular weight is 342 g/mol. The highest BCUT2D eigenvalue weighted by Crippen LogP contribution is 2.28. The van der Waals surface area contributed by atoms with Gasteiger partial charge in [-0.15, -0.1) is 0 Å². The molecule has 0 heterocycles. The van der Waals surface area contributed by atoms with Crippen LogP contribution in [0, 0.1) is 0 Å². The highest BCUT2D eigenvalue weighted by Gasteiger charge is 2.10. The summed E-state index contributed by atoms with van der Waals surface area (Å²) < 4.78 is 33.8. The first kappa shape index (κ1) is 17.2. The smallest absolute Gasteiger partial charge is 0.387 e. The van der Waals surface area contributed by atoms with Gasteiger partial charge in [0.25, 0.3) is 0 Å². The van der Waals surface area contributed by atoms with E-state index in [-0.39, 0.29) is 23.3 Å². The molecule has 0 aliphatic carbocycles. The number of carbonyl (C=O) groups is 1. The van der Waals surface area contributed by atoms with Crippen molar-refractivity contribution in [3.05, 3.63) is 59.1 Å². The molecule has 0 atom stereocenters. The van der Waals surface area contributed by atoms with Gasteiger partial charge in [-0.1, -0.05) is 41.9 Å². The lowest BCUT2D eigenvalue weighted by Gasteiger charge is -2.10. The molecule has 0 aliphatic rings. The maximum Gasteiger partial charge on any atom is 0.387 e. The number of rotatable bonds is 7. The molecule has 0 aliphatic heterocycles. The van der Waals surface area contributed by atoms with Gasteiger partial charge < -0.3 is 14.8 Å². The summed E-state index contributed by atoms with van der Waals surface area (Å²) in [7, 11) is 0. The fraction of sp³-hybridized carbons (Fsp3) is 0.188. The largest absolute Gasteiger partial charge is 0.433 e. The lowest BCUT2D eigenvalue weighted by molar-refractivity contribution is -0.121. The number of hydrogen-bond donors (Lipinski definition) is 1. The van der Waals surface area contributed by atoms with Crippen LogP contribution in [0.15, 0.2) is 48.5 Å². The van der Waals surface area contributed by atoms with E-state index in [1.165, 1.54) is 18.2 Å². The number of halogens is 3. The Morgan fingerprint density at radius 3 is 2.57 bits per heavy atom. The average Bonchev–Trinajstić information content (AvgIpc) is 2.51. The van der Waals surface area contributed by atoms with Crippen molar-refractivity contribution < 1.29 is 23.0 Å². The summed E-state index contributed by atoms with van der Waals surface area (Å²) in [6.45, 7) is -2.78. The molecule has 0 saturated carbocycles. The molecule has 7 heteroatoms. The van der Waals surface area contributed by atoms with E-state index in [2.05, 4.69) is 10.1 Å². The third-order valence-corrected chi connectivity index (χ3v) is 3.07. The van der Waals surface area contributed by atoms with Gasteiger partial charge in [0.1, 0.15) is 12.4 Å². The fourth-order valence-electron chi connectivity index (χ4n) is 1.80. The van der Waals surface area contributed by atoms with Crippen LogP contribution in [0.4, 0.5) is 14.5 Å². The lowest BCUT2D eigenvalue weighted by Crippen LogP contribution is -2.18. The van der Waals surface area contributed by atoms with E-state index in [1.807, 2.05) is 30.3 Å². The SMILES string of the molecule is O=C(COCc1ccccc1)Nc1ccc(OC(F)F)c(Cl)c1. The summed E-state index contributed by atoms with van der Waals surface area (Å²) >= 11 is 5.80. The van der Waals surface area contributed by atoms with Crippen LogP contribution >= 0.6 is 11.6 Å². The molecule has 0 saturated heterocycles. The van der Waals surface area contributed by atoms with Gasteiger partial charge in [-0.25, -0.2) is 0 Å². The van der Waals surface area contributed by atoms with Crippen LogP contribution in [0.25, 0.3) is 0 Å². The van der Waals surface area contributed by atoms with Crippen molar-refractivity contribution in [1.82, 2.24) is 0 Å². The Balaban J connectivity index is 1.82. The van der Waals surface area contributed by atoms with Gasteiger partial charge in [-0.2, -0.15) is 8.78 Å². The van der Waals surface area contributed by atoms with E-state index in [0.717, 1.165) is 5.56 Å². The van der Waals surface area contributed by atoms with E-state index in [0.29, 0.717) is 12.3 Å². The van der Waals surface area contributed by atoms with Gasteiger partial charge in [0.15, 0.2) is 0 Å². The summed E-state index contributed by atoms with van der Waals surface area (Å²) in [5.74, 6) is -0.528. The summed E-state index contributed by atoms with van der Waals surface area (Å²) in [6, 6.07) is 13.4. The topological polar surface area (TPSA) is 47.6 Å². The lowest BCUT2D eigenvalue weighted by atomic mass is 10.2. The molecule has 23 heavy (non-hydrogen) atoms. The molecule has 0 bridgehead atoms. The third kappa shape index (κ3) is 5.84. The molecule has 0 aromatic heterocycles. The van der Waals surface area contributed by atoms with Crippen molar-refractivity contribution in [3.63, 3.8) is 0 Å². The molecule has 2 aromatic carbocycles. The minimum atomic E-state index is -2.96. The standard InChI is InChI=1S/C16H14ClF2NO3/c17-13-8-12(6-7-14(13)23-16(18)19)20-15(21)10-22-9-11-4-2-1-3-5-11/h1-8,16H,9-10H2,(H,20,21). The molecule has 122 valence electrons. The predicted molar refractivity (Wildman–Crippen MR) is 82.8 cm³/mol. The zero-order valence-corrected chi connectivity index (χ0v) is 12.7. The first-order chi connectivity index (χ1) is 11.0. The van der Waals surface area contributed by atoms with E-state index in [1.54, 1.807) is 0 Å². The molecule has 0 radical (unpaired) electrons. The second kappa shape index (κ2) is 8.45. The number of benzene rings is 2. The Morgan fingerprint density at radius 2 is 1.91 bits per heavy atom. The molecule has 0 unspecified atom stereocenters. The number of hydrogen-bond acceptors (Lipinski definition) is 3. The second-order valence-corrected chi connectivity index (χ2v) is 4.96. The minimum absolute atomic E-state index is 0.0201. The summed E-state index contributed by atoms with van der Waals surface area (Å²) in [4.78, 5) is 11.7. The molecule has 1 amide bonds. The van der Waals surface area contributed by atoms with Gasteiger partial charge in [0, 0.05) is 5.69 Å². The van der Waals surface area contributed by atoms with Crippen LogP contribution in [0.3, 0.4) is 0 Å². The van der Waals surface area contributed by atoms with E-state index in [9.17, 15) is 13.6 Å². The van der Waals surface area contributed by atoms with Gasteiger partial charge >= 0.3 is 6.61 Å². The third-order valence-electron chi connectivity index (χ3n) is 2.78. The zero-order chi connectivity index (χ0) is 16.7. The van der Waals surface area contributed by atoms with E-state index >= 15 is 0 Å². The normalized spacial score (nSPS) is 10.6. The van der Waals surface area contributed by atoms with Gasteiger partial charge in [-0.3, -0.25) is 4.79 Å². The fourth-order valence-corrected chi connectivity index (χ4v) is 2.03. The molecule has 2 aromatic rings. The van der Waals surface area contributed by atoms with Crippen molar-refractivity contribution in [2.75, 3.05) is 11.9 Å². The van der Waals surface area contributed by atoms with Crippen LogP contribution in [-0.4, -0.2) is 19.1 Å². The van der Waals surface area contributed by atoms with Gasteiger partial charge in [-0.05, 0) is 23.8 Å². The first-order valence-electron chi connectivity index (χ1n) is 6.70. The number of carbonyl (C=O) groups excluding carboxylic acids is 1. The van der Waals surface area contributed by atoms with Gasteiger partial charge in [0.05, 0.1) is 11.6 Å². The predicted octanol–water partition coefficient (Wildman–Crippen LogP) is 4.10. The minimum Gasteiger partial charge on any atom is -0.433 e. The first-order valence-corrected chi connectivity index (χ1v) is 7.08. The van der Waals surface area contributed by atoms with Crippen molar-refractivity contribution in [2.45, 2.75) is 13.2 Å². The molecule has 0 fully saturated rings. The number of amides is 1. The highest BCUT2D eigenvalue weighted by atomic mass is 35.5. The number of anilines is 1. The van der Waals surface area contributed by atoms with Crippen molar-refractivity contribution in [2.24, 2.45) is 0 Å². The monoisotopic (exact) mass is 341 g/mol. The van der Waals surface area contributed by atoms with Crippen LogP contribution in [-0.2, 0) is 16.1 Å². The zero-order valence-electron chi connectivity index (χ0n) is 12.0. The molecule has 4 nitrogen and oxygen atoms in total. The van der Waals surface area contributed by atoms with Crippen molar-refractivity contribution in [1.29, 1.82) is 0 Å². The summed E-state index contributed by atoms with van der Waals surface area (Å²) in [6.07, 6.45) is 0. The van der Waals surface area contributed by atoms with Crippen LogP contribution in [0.1, 0.15) is 5.56 Å². The Labute approximate surface area is 137 Å². The van der Waals surface area contributed by atoms with Crippen LogP contribution < -0.4 is 10.1 Å². The Morgan fingerprint density at radius 1 is 1.17 bits per heavy atom. The molecule has 1 N–H and O–H groups in total. The second-order valence-electron chi connectivity index (χ2n) is 4.55. The number of ether oxygens (including phenoxy) is 2. The number of alkyl halides is 2. The summed E-state index contributed by atoms with van der Waals surface area (Å²) in [5, 5.41) is 2.54. The van der Waals surface area contributed by atoms with Crippen molar-refractivity contribution >= 4 is 23.2 Å². The molecule has 0 spiro atoms. The van der Waals surface area contributed by atoms with E-state index < -0.39 is 6.61 Å². The molecular weight excluding hydrogens is 328 g/mol. The maximum atomic E-state index is 12.1. The highest BCUT2D eigenvalue weighted by molar-refractivity contribution is 6.32. The molecular formula is C16H14ClF2NO3. The number of nitrogens with one attached hydrogen (secondary N) is 1. The van der Waals surface area contributed by atoms with Crippen LogP contribution in [0.5, 0.6) is 5.75 Å². The Kier molecular flexibility index (Phi) is 6.31. The van der Waals surface area contributed by atoms with Gasteiger partial charge in [0.2, 0.25) is 5.91 Å². The van der Waals surface area contributed by atoms with Crippen molar-refractivity contribution in [3.8, 4) is 5.75 Å². The quantitative estimate of drug-likeness (QED) is 0.825.